The number of H-pyrrole nitrogens is 1. The van der Waals surface area contributed by atoms with Gasteiger partial charge in [-0.1, -0.05) is 24.3 Å². The van der Waals surface area contributed by atoms with Crippen LogP contribution in [-0.4, -0.2) is 15.0 Å². The van der Waals surface area contributed by atoms with Gasteiger partial charge in [0, 0.05) is 16.6 Å². The molecule has 0 amide bonds. The van der Waals surface area contributed by atoms with Gasteiger partial charge in [-0.25, -0.2) is 14.4 Å². The zero-order chi connectivity index (χ0) is 14.2. The Morgan fingerprint density at radius 1 is 1.00 bits per heavy atom. The number of hydrogen-bond donors (Lipinski definition) is 2. The number of halogens is 1. The standard InChI is InChI=1S/C16H11FN4/c17-10-4-3-5-11(8-10)20-16-15-14(18-9-19-16)12-6-1-2-7-13(12)21-15/h1-9,21H,(H,18,19,20). The molecule has 102 valence electrons. The number of benzene rings is 2. The third kappa shape index (κ3) is 1.99. The van der Waals surface area contributed by atoms with Gasteiger partial charge < -0.3 is 10.3 Å². The minimum absolute atomic E-state index is 0.290. The lowest BCUT2D eigenvalue weighted by Gasteiger charge is -2.06. The number of rotatable bonds is 2. The molecule has 0 bridgehead atoms. The maximum absolute atomic E-state index is 13.3. The summed E-state index contributed by atoms with van der Waals surface area (Å²) in [5.41, 5.74) is 3.30. The fourth-order valence-corrected chi connectivity index (χ4v) is 2.44. The third-order valence-electron chi connectivity index (χ3n) is 3.38. The minimum atomic E-state index is -0.290. The molecule has 0 unspecified atom stereocenters. The number of aromatic nitrogens is 3. The molecule has 2 aromatic carbocycles. The Kier molecular flexibility index (Phi) is 2.57. The largest absolute Gasteiger partial charge is 0.350 e. The summed E-state index contributed by atoms with van der Waals surface area (Å²) in [6.07, 6.45) is 1.50. The molecule has 21 heavy (non-hydrogen) atoms. The lowest BCUT2D eigenvalue weighted by atomic mass is 10.2. The number of nitrogens with one attached hydrogen (secondary N) is 2. The average Bonchev–Trinajstić information content (AvgIpc) is 2.87. The molecule has 0 fully saturated rings. The second-order valence-corrected chi connectivity index (χ2v) is 4.75. The van der Waals surface area contributed by atoms with Gasteiger partial charge in [0.1, 0.15) is 23.2 Å². The smallest absolute Gasteiger partial charge is 0.158 e. The number of hydrogen-bond acceptors (Lipinski definition) is 3. The molecule has 4 nitrogen and oxygen atoms in total. The summed E-state index contributed by atoms with van der Waals surface area (Å²) < 4.78 is 13.3. The number of nitrogens with zero attached hydrogens (tertiary/aromatic N) is 2. The van der Waals surface area contributed by atoms with E-state index in [0.717, 1.165) is 21.9 Å². The summed E-state index contributed by atoms with van der Waals surface area (Å²) in [6, 6.07) is 14.2. The van der Waals surface area contributed by atoms with Gasteiger partial charge in [0.25, 0.3) is 0 Å². The Morgan fingerprint density at radius 3 is 2.81 bits per heavy atom. The van der Waals surface area contributed by atoms with Crippen LogP contribution >= 0.6 is 0 Å². The van der Waals surface area contributed by atoms with Crippen molar-refractivity contribution in [2.75, 3.05) is 5.32 Å². The fraction of sp³-hybridized carbons (Fsp3) is 0. The molecule has 0 aliphatic rings. The highest BCUT2D eigenvalue weighted by molar-refractivity contribution is 6.08. The van der Waals surface area contributed by atoms with Gasteiger partial charge >= 0.3 is 0 Å². The second-order valence-electron chi connectivity index (χ2n) is 4.75. The van der Waals surface area contributed by atoms with Crippen LogP contribution in [0.15, 0.2) is 54.9 Å². The van der Waals surface area contributed by atoms with Crippen LogP contribution in [0.3, 0.4) is 0 Å². The molecule has 2 N–H and O–H groups in total. The van der Waals surface area contributed by atoms with Gasteiger partial charge in [0.15, 0.2) is 5.82 Å². The Bertz CT molecular complexity index is 945. The first-order chi connectivity index (χ1) is 10.3. The van der Waals surface area contributed by atoms with Crippen molar-refractivity contribution in [3.8, 4) is 0 Å². The van der Waals surface area contributed by atoms with Crippen LogP contribution in [0.4, 0.5) is 15.9 Å². The second kappa shape index (κ2) is 4.56. The third-order valence-corrected chi connectivity index (χ3v) is 3.38. The summed E-state index contributed by atoms with van der Waals surface area (Å²) in [4.78, 5) is 11.9. The van der Waals surface area contributed by atoms with E-state index in [9.17, 15) is 4.39 Å². The van der Waals surface area contributed by atoms with E-state index in [2.05, 4.69) is 20.3 Å². The molecule has 0 saturated heterocycles. The number of anilines is 2. The van der Waals surface area contributed by atoms with Crippen molar-refractivity contribution in [2.24, 2.45) is 0 Å². The van der Waals surface area contributed by atoms with Crippen molar-refractivity contribution in [3.63, 3.8) is 0 Å². The van der Waals surface area contributed by atoms with Crippen LogP contribution in [0.2, 0.25) is 0 Å². The Morgan fingerprint density at radius 2 is 1.90 bits per heavy atom. The molecule has 4 rings (SSSR count). The lowest BCUT2D eigenvalue weighted by Crippen LogP contribution is -1.95. The Balaban J connectivity index is 1.89. The van der Waals surface area contributed by atoms with Crippen LogP contribution in [-0.2, 0) is 0 Å². The van der Waals surface area contributed by atoms with Crippen molar-refractivity contribution in [3.05, 3.63) is 60.7 Å². The predicted molar refractivity (Wildman–Crippen MR) is 81.1 cm³/mol. The van der Waals surface area contributed by atoms with Crippen LogP contribution < -0.4 is 5.32 Å². The van der Waals surface area contributed by atoms with Crippen LogP contribution in [0.5, 0.6) is 0 Å². The fourth-order valence-electron chi connectivity index (χ4n) is 2.44. The first-order valence-corrected chi connectivity index (χ1v) is 6.55. The molecule has 5 heteroatoms. The summed E-state index contributed by atoms with van der Waals surface area (Å²) >= 11 is 0. The van der Waals surface area contributed by atoms with E-state index in [-0.39, 0.29) is 5.82 Å². The van der Waals surface area contributed by atoms with E-state index in [4.69, 9.17) is 0 Å². The van der Waals surface area contributed by atoms with Gasteiger partial charge in [-0.2, -0.15) is 0 Å². The number of fused-ring (bicyclic) bond motifs is 3. The van der Waals surface area contributed by atoms with Gasteiger partial charge in [0.2, 0.25) is 0 Å². The van der Waals surface area contributed by atoms with Crippen molar-refractivity contribution in [1.29, 1.82) is 0 Å². The molecule has 2 heterocycles. The molecular weight excluding hydrogens is 267 g/mol. The van der Waals surface area contributed by atoms with Gasteiger partial charge in [-0.05, 0) is 24.3 Å². The summed E-state index contributed by atoms with van der Waals surface area (Å²) in [7, 11) is 0. The Labute approximate surface area is 119 Å². The normalized spacial score (nSPS) is 11.1. The first kappa shape index (κ1) is 11.8. The van der Waals surface area contributed by atoms with Crippen molar-refractivity contribution < 1.29 is 4.39 Å². The highest BCUT2D eigenvalue weighted by atomic mass is 19.1. The van der Waals surface area contributed by atoms with E-state index in [1.165, 1.54) is 18.5 Å². The van der Waals surface area contributed by atoms with Gasteiger partial charge in [0.05, 0.1) is 0 Å². The van der Waals surface area contributed by atoms with Crippen LogP contribution in [0.1, 0.15) is 0 Å². The molecule has 0 radical (unpaired) electrons. The van der Waals surface area contributed by atoms with E-state index in [1.807, 2.05) is 24.3 Å². The number of para-hydroxylation sites is 1. The zero-order valence-electron chi connectivity index (χ0n) is 11.0. The maximum Gasteiger partial charge on any atom is 0.158 e. The van der Waals surface area contributed by atoms with E-state index in [1.54, 1.807) is 12.1 Å². The van der Waals surface area contributed by atoms with Gasteiger partial charge in [-0.15, -0.1) is 0 Å². The monoisotopic (exact) mass is 278 g/mol. The van der Waals surface area contributed by atoms with Crippen LogP contribution in [0.25, 0.3) is 21.9 Å². The van der Waals surface area contributed by atoms with Crippen molar-refractivity contribution in [1.82, 2.24) is 15.0 Å². The Hall–Kier alpha value is -2.95. The van der Waals surface area contributed by atoms with Crippen molar-refractivity contribution >= 4 is 33.4 Å². The lowest BCUT2D eigenvalue weighted by molar-refractivity contribution is 0.628. The van der Waals surface area contributed by atoms with Crippen molar-refractivity contribution in [2.45, 2.75) is 0 Å². The SMILES string of the molecule is Fc1cccc(Nc2ncnc3c2[nH]c2ccccc23)c1. The van der Waals surface area contributed by atoms with Gasteiger partial charge in [-0.3, -0.25) is 0 Å². The highest BCUT2D eigenvalue weighted by Crippen LogP contribution is 2.28. The molecule has 0 saturated carbocycles. The minimum Gasteiger partial charge on any atom is -0.350 e. The van der Waals surface area contributed by atoms with E-state index in [0.29, 0.717) is 11.5 Å². The average molecular weight is 278 g/mol. The molecule has 0 atom stereocenters. The molecule has 2 aromatic heterocycles. The van der Waals surface area contributed by atoms with Crippen LogP contribution in [0, 0.1) is 5.82 Å². The predicted octanol–water partition coefficient (Wildman–Crippen LogP) is 3.99. The first-order valence-electron chi connectivity index (χ1n) is 6.55. The summed E-state index contributed by atoms with van der Waals surface area (Å²) in [6.45, 7) is 0. The quantitative estimate of drug-likeness (QED) is 0.583. The molecule has 0 aliphatic carbocycles. The van der Waals surface area contributed by atoms with E-state index < -0.39 is 0 Å². The summed E-state index contributed by atoms with van der Waals surface area (Å²) in [5, 5.41) is 4.17. The summed E-state index contributed by atoms with van der Waals surface area (Å²) in [5.74, 6) is 0.337. The molecule has 4 aromatic rings. The molecule has 0 spiro atoms. The topological polar surface area (TPSA) is 53.6 Å². The molecule has 0 aliphatic heterocycles. The zero-order valence-corrected chi connectivity index (χ0v) is 11.0. The highest BCUT2D eigenvalue weighted by Gasteiger charge is 2.10. The maximum atomic E-state index is 13.3. The molecular formula is C16H11FN4. The van der Waals surface area contributed by atoms with E-state index >= 15 is 0 Å². The number of aromatic amines is 1.